The first-order valence-corrected chi connectivity index (χ1v) is 4.77. The van der Waals surface area contributed by atoms with Crippen LogP contribution in [-0.2, 0) is 4.79 Å². The van der Waals surface area contributed by atoms with Gasteiger partial charge in [0.25, 0.3) is 5.91 Å². The molecule has 0 aliphatic heterocycles. The lowest BCUT2D eigenvalue weighted by atomic mass is 10.3. The van der Waals surface area contributed by atoms with Gasteiger partial charge >= 0.3 is 0 Å². The highest BCUT2D eigenvalue weighted by atomic mass is 19.1. The van der Waals surface area contributed by atoms with E-state index in [-0.39, 0.29) is 0 Å². The van der Waals surface area contributed by atoms with E-state index in [4.69, 9.17) is 0 Å². The Morgan fingerprint density at radius 1 is 1.54 bits per heavy atom. The highest BCUT2D eigenvalue weighted by Gasteiger charge is 2.50. The molecule has 0 saturated heterocycles. The summed E-state index contributed by atoms with van der Waals surface area (Å²) in [5.74, 6) is -0.462. The van der Waals surface area contributed by atoms with Crippen molar-refractivity contribution in [3.05, 3.63) is 12.2 Å². The number of amides is 1. The van der Waals surface area contributed by atoms with E-state index in [0.29, 0.717) is 19.4 Å². The van der Waals surface area contributed by atoms with Gasteiger partial charge < -0.3 is 5.32 Å². The Labute approximate surface area is 79.2 Å². The number of hydrogen-bond donors (Lipinski definition) is 1. The van der Waals surface area contributed by atoms with Gasteiger partial charge in [-0.25, -0.2) is 4.39 Å². The minimum Gasteiger partial charge on any atom is -0.350 e. The first-order valence-electron chi connectivity index (χ1n) is 4.77. The molecule has 0 unspecified atom stereocenters. The summed E-state index contributed by atoms with van der Waals surface area (Å²) in [6.07, 6.45) is 4.37. The second-order valence-electron chi connectivity index (χ2n) is 2.74. The van der Waals surface area contributed by atoms with Gasteiger partial charge in [0.2, 0.25) is 0 Å². The summed E-state index contributed by atoms with van der Waals surface area (Å²) in [7, 11) is 0. The zero-order chi connectivity index (χ0) is 10.3. The maximum Gasteiger partial charge on any atom is 0.257 e. The van der Waals surface area contributed by atoms with Crippen molar-refractivity contribution < 1.29 is 9.18 Å². The molecule has 2 nitrogen and oxygen atoms in total. The van der Waals surface area contributed by atoms with E-state index in [1.807, 2.05) is 26.8 Å². The monoisotopic (exact) mass is 187 g/mol. The van der Waals surface area contributed by atoms with Crippen LogP contribution in [0.2, 0.25) is 0 Å². The number of carbonyl (C=O) groups excluding carboxylic acids is 1. The van der Waals surface area contributed by atoms with E-state index in [1.165, 1.54) is 0 Å². The molecule has 76 valence electrons. The van der Waals surface area contributed by atoms with Crippen LogP contribution in [0.25, 0.3) is 0 Å². The Hall–Kier alpha value is -0.860. The van der Waals surface area contributed by atoms with Crippen molar-refractivity contribution in [2.75, 3.05) is 6.54 Å². The van der Waals surface area contributed by atoms with Gasteiger partial charge in [0.15, 0.2) is 5.67 Å². The van der Waals surface area contributed by atoms with Crippen molar-refractivity contribution in [3.63, 3.8) is 0 Å². The Kier molecular flexibility index (Phi) is 5.35. The molecule has 1 aliphatic carbocycles. The van der Waals surface area contributed by atoms with Gasteiger partial charge in [0.1, 0.15) is 0 Å². The quantitative estimate of drug-likeness (QED) is 0.674. The molecule has 1 rings (SSSR count). The molecule has 1 saturated carbocycles. The fourth-order valence-electron chi connectivity index (χ4n) is 0.765. The number of halogens is 1. The third kappa shape index (κ3) is 4.06. The largest absolute Gasteiger partial charge is 0.350 e. The van der Waals surface area contributed by atoms with Crippen LogP contribution in [0, 0.1) is 0 Å². The van der Waals surface area contributed by atoms with E-state index in [2.05, 4.69) is 5.32 Å². The van der Waals surface area contributed by atoms with Crippen LogP contribution in [0.1, 0.15) is 33.6 Å². The van der Waals surface area contributed by atoms with Gasteiger partial charge in [0, 0.05) is 6.54 Å². The fraction of sp³-hybridized carbons (Fsp3) is 0.700. The molecule has 0 aromatic carbocycles. The van der Waals surface area contributed by atoms with Crippen LogP contribution in [0.5, 0.6) is 0 Å². The lowest BCUT2D eigenvalue weighted by Crippen LogP contribution is -2.33. The molecule has 3 heteroatoms. The van der Waals surface area contributed by atoms with E-state index in [9.17, 15) is 9.18 Å². The van der Waals surface area contributed by atoms with Gasteiger partial charge in [-0.05, 0) is 19.8 Å². The van der Waals surface area contributed by atoms with E-state index in [0.717, 1.165) is 0 Å². The highest BCUT2D eigenvalue weighted by Crippen LogP contribution is 2.39. The zero-order valence-electron chi connectivity index (χ0n) is 8.56. The Morgan fingerprint density at radius 3 is 2.46 bits per heavy atom. The maximum absolute atomic E-state index is 12.9. The smallest absolute Gasteiger partial charge is 0.257 e. The van der Waals surface area contributed by atoms with Crippen molar-refractivity contribution in [2.24, 2.45) is 0 Å². The Bertz CT molecular complexity index is 185. The first-order chi connectivity index (χ1) is 6.19. The molecule has 13 heavy (non-hydrogen) atoms. The van der Waals surface area contributed by atoms with Crippen molar-refractivity contribution in [2.45, 2.75) is 39.3 Å². The fourth-order valence-corrected chi connectivity index (χ4v) is 0.765. The van der Waals surface area contributed by atoms with Gasteiger partial charge in [-0.3, -0.25) is 4.79 Å². The third-order valence-electron chi connectivity index (χ3n) is 1.71. The molecule has 0 atom stereocenters. The average molecular weight is 187 g/mol. The minimum atomic E-state index is -1.53. The maximum atomic E-state index is 12.9. The van der Waals surface area contributed by atoms with Crippen LogP contribution in [0.3, 0.4) is 0 Å². The molecular formula is C10H18FNO. The van der Waals surface area contributed by atoms with Crippen LogP contribution in [0.15, 0.2) is 12.2 Å². The molecular weight excluding hydrogens is 169 g/mol. The molecule has 0 radical (unpaired) electrons. The number of carbonyl (C=O) groups is 1. The Balaban J connectivity index is 0.000000671. The number of rotatable bonds is 3. The molecule has 1 aliphatic rings. The molecule has 1 amide bonds. The SMILES string of the molecule is C/C=C/CNC(=O)C1(F)CC1.CC. The molecule has 0 heterocycles. The number of nitrogens with one attached hydrogen (secondary N) is 1. The summed E-state index contributed by atoms with van der Waals surface area (Å²) in [4.78, 5) is 10.9. The topological polar surface area (TPSA) is 29.1 Å². The molecule has 0 aromatic heterocycles. The molecule has 1 N–H and O–H groups in total. The van der Waals surface area contributed by atoms with Crippen molar-refractivity contribution >= 4 is 5.91 Å². The number of allylic oxidation sites excluding steroid dienone is 1. The second kappa shape index (κ2) is 5.73. The van der Waals surface area contributed by atoms with Gasteiger partial charge in [-0.15, -0.1) is 0 Å². The lowest BCUT2D eigenvalue weighted by Gasteiger charge is -2.03. The minimum absolute atomic E-state index is 0.384. The molecule has 1 fully saturated rings. The highest BCUT2D eigenvalue weighted by molar-refractivity contribution is 5.87. The summed E-state index contributed by atoms with van der Waals surface area (Å²) < 4.78 is 12.9. The summed E-state index contributed by atoms with van der Waals surface area (Å²) >= 11 is 0. The number of hydrogen-bond acceptors (Lipinski definition) is 1. The summed E-state index contributed by atoms with van der Waals surface area (Å²) in [5.41, 5.74) is -1.53. The standard InChI is InChI=1S/C8H12FNO.C2H6/c1-2-3-6-10-7(11)8(9)4-5-8;1-2/h2-3H,4-6H2,1H3,(H,10,11);1-2H3/b3-2+;. The molecule has 0 spiro atoms. The molecule has 0 bridgehead atoms. The normalized spacial score (nSPS) is 17.5. The zero-order valence-corrected chi connectivity index (χ0v) is 8.56. The van der Waals surface area contributed by atoms with Crippen molar-refractivity contribution in [1.29, 1.82) is 0 Å². The summed E-state index contributed by atoms with van der Waals surface area (Å²) in [6, 6.07) is 0. The molecule has 0 aromatic rings. The van der Waals surface area contributed by atoms with Gasteiger partial charge in [-0.2, -0.15) is 0 Å². The van der Waals surface area contributed by atoms with Crippen molar-refractivity contribution in [3.8, 4) is 0 Å². The predicted octanol–water partition coefficient (Wildman–Crippen LogP) is 2.21. The van der Waals surface area contributed by atoms with Crippen LogP contribution >= 0.6 is 0 Å². The predicted molar refractivity (Wildman–Crippen MR) is 52.2 cm³/mol. The summed E-state index contributed by atoms with van der Waals surface area (Å²) in [6.45, 7) is 6.29. The van der Waals surface area contributed by atoms with E-state index < -0.39 is 11.6 Å². The lowest BCUT2D eigenvalue weighted by molar-refractivity contribution is -0.127. The summed E-state index contributed by atoms with van der Waals surface area (Å²) in [5, 5.41) is 2.49. The average Bonchev–Trinajstić information content (AvgIpc) is 2.89. The van der Waals surface area contributed by atoms with E-state index in [1.54, 1.807) is 6.08 Å². The van der Waals surface area contributed by atoms with Gasteiger partial charge in [0.05, 0.1) is 0 Å². The third-order valence-corrected chi connectivity index (χ3v) is 1.71. The second-order valence-corrected chi connectivity index (χ2v) is 2.74. The van der Waals surface area contributed by atoms with Crippen LogP contribution in [0.4, 0.5) is 4.39 Å². The van der Waals surface area contributed by atoms with Crippen LogP contribution in [-0.4, -0.2) is 18.1 Å². The number of alkyl halides is 1. The van der Waals surface area contributed by atoms with E-state index >= 15 is 0 Å². The van der Waals surface area contributed by atoms with Gasteiger partial charge in [-0.1, -0.05) is 26.0 Å². The van der Waals surface area contributed by atoms with Crippen molar-refractivity contribution in [1.82, 2.24) is 5.32 Å². The first kappa shape index (κ1) is 12.1. The Morgan fingerprint density at radius 2 is 2.08 bits per heavy atom. The van der Waals surface area contributed by atoms with Crippen LogP contribution < -0.4 is 5.32 Å².